The fourth-order valence-electron chi connectivity index (χ4n) is 2.23. The second-order valence-electron chi connectivity index (χ2n) is 4.92. The van der Waals surface area contributed by atoms with E-state index in [0.717, 1.165) is 17.9 Å². The lowest BCUT2D eigenvalue weighted by Crippen LogP contribution is -1.99. The predicted molar refractivity (Wildman–Crippen MR) is 87.6 cm³/mol. The number of para-hydroxylation sites is 1. The maximum Gasteiger partial charge on any atom is 0.130 e. The summed E-state index contributed by atoms with van der Waals surface area (Å²) in [6, 6.07) is 22.4. The molecule has 0 saturated heterocycles. The van der Waals surface area contributed by atoms with E-state index in [2.05, 4.69) is 52.8 Å². The van der Waals surface area contributed by atoms with Crippen LogP contribution in [0.4, 0.5) is 17.2 Å². The standard InChI is InChI=1S/C18H17N3/c19-16-10-11-18(20-13-16)21-17-9-5-4-8-15(17)12-14-6-2-1-3-7-14/h1-11,13H,12,19H2,(H,20,21). The topological polar surface area (TPSA) is 50.9 Å². The molecule has 0 unspecified atom stereocenters. The average Bonchev–Trinajstić information content (AvgIpc) is 2.52. The molecule has 2 aromatic carbocycles. The van der Waals surface area contributed by atoms with Gasteiger partial charge in [0.05, 0.1) is 11.9 Å². The second kappa shape index (κ2) is 6.09. The number of anilines is 3. The summed E-state index contributed by atoms with van der Waals surface area (Å²) in [4.78, 5) is 4.29. The van der Waals surface area contributed by atoms with Crippen LogP contribution in [0.5, 0.6) is 0 Å². The van der Waals surface area contributed by atoms with Crippen LogP contribution >= 0.6 is 0 Å². The van der Waals surface area contributed by atoms with Gasteiger partial charge in [-0.1, -0.05) is 48.5 Å². The monoisotopic (exact) mass is 275 g/mol. The van der Waals surface area contributed by atoms with Crippen molar-refractivity contribution in [3.8, 4) is 0 Å². The van der Waals surface area contributed by atoms with Gasteiger partial charge in [-0.2, -0.15) is 0 Å². The van der Waals surface area contributed by atoms with Crippen LogP contribution in [-0.2, 0) is 6.42 Å². The lowest BCUT2D eigenvalue weighted by Gasteiger charge is -2.11. The molecular formula is C18H17N3. The van der Waals surface area contributed by atoms with Crippen LogP contribution in [0.2, 0.25) is 0 Å². The number of aromatic nitrogens is 1. The van der Waals surface area contributed by atoms with Crippen molar-refractivity contribution in [2.24, 2.45) is 0 Å². The van der Waals surface area contributed by atoms with Gasteiger partial charge in [0.25, 0.3) is 0 Å². The third kappa shape index (κ3) is 3.39. The smallest absolute Gasteiger partial charge is 0.130 e. The highest BCUT2D eigenvalue weighted by molar-refractivity contribution is 5.62. The van der Waals surface area contributed by atoms with Crippen LogP contribution in [0, 0.1) is 0 Å². The molecule has 3 nitrogen and oxygen atoms in total. The van der Waals surface area contributed by atoms with E-state index in [0.29, 0.717) is 5.69 Å². The van der Waals surface area contributed by atoms with E-state index < -0.39 is 0 Å². The summed E-state index contributed by atoms with van der Waals surface area (Å²) in [6.07, 6.45) is 2.54. The zero-order chi connectivity index (χ0) is 14.5. The van der Waals surface area contributed by atoms with Gasteiger partial charge < -0.3 is 11.1 Å². The van der Waals surface area contributed by atoms with Gasteiger partial charge in [-0.05, 0) is 35.7 Å². The number of pyridine rings is 1. The highest BCUT2D eigenvalue weighted by Gasteiger charge is 2.04. The fourth-order valence-corrected chi connectivity index (χ4v) is 2.23. The van der Waals surface area contributed by atoms with E-state index in [1.165, 1.54) is 11.1 Å². The lowest BCUT2D eigenvalue weighted by atomic mass is 10.0. The van der Waals surface area contributed by atoms with Crippen molar-refractivity contribution in [1.82, 2.24) is 4.98 Å². The molecule has 0 aliphatic rings. The third-order valence-electron chi connectivity index (χ3n) is 3.30. The molecule has 3 N–H and O–H groups in total. The van der Waals surface area contributed by atoms with Gasteiger partial charge in [0.2, 0.25) is 0 Å². The summed E-state index contributed by atoms with van der Waals surface area (Å²) < 4.78 is 0. The molecule has 1 aromatic heterocycles. The summed E-state index contributed by atoms with van der Waals surface area (Å²) in [7, 11) is 0. The minimum atomic E-state index is 0.665. The lowest BCUT2D eigenvalue weighted by molar-refractivity contribution is 1.19. The first kappa shape index (κ1) is 13.2. The van der Waals surface area contributed by atoms with Crippen LogP contribution in [-0.4, -0.2) is 4.98 Å². The van der Waals surface area contributed by atoms with Crippen LogP contribution < -0.4 is 11.1 Å². The SMILES string of the molecule is Nc1ccc(Nc2ccccc2Cc2ccccc2)nc1. The zero-order valence-electron chi connectivity index (χ0n) is 11.7. The Bertz CT molecular complexity index is 706. The molecule has 0 saturated carbocycles. The molecule has 3 aromatic rings. The Morgan fingerprint density at radius 3 is 2.38 bits per heavy atom. The molecule has 3 rings (SSSR count). The highest BCUT2D eigenvalue weighted by Crippen LogP contribution is 2.22. The van der Waals surface area contributed by atoms with Gasteiger partial charge in [-0.15, -0.1) is 0 Å². The van der Waals surface area contributed by atoms with Crippen molar-refractivity contribution in [3.63, 3.8) is 0 Å². The first-order chi connectivity index (χ1) is 10.3. The number of benzene rings is 2. The van der Waals surface area contributed by atoms with Gasteiger partial charge >= 0.3 is 0 Å². The Balaban J connectivity index is 1.84. The van der Waals surface area contributed by atoms with Crippen LogP contribution in [0.3, 0.4) is 0 Å². The normalized spacial score (nSPS) is 10.3. The molecule has 0 spiro atoms. The number of nitrogens with one attached hydrogen (secondary N) is 1. The molecule has 0 aliphatic carbocycles. The molecule has 21 heavy (non-hydrogen) atoms. The summed E-state index contributed by atoms with van der Waals surface area (Å²) in [6.45, 7) is 0. The van der Waals surface area contributed by atoms with E-state index in [9.17, 15) is 0 Å². The average molecular weight is 275 g/mol. The van der Waals surface area contributed by atoms with Crippen LogP contribution in [0.1, 0.15) is 11.1 Å². The molecule has 0 fully saturated rings. The van der Waals surface area contributed by atoms with E-state index in [1.54, 1.807) is 6.20 Å². The number of nitrogens with two attached hydrogens (primary N) is 1. The Hall–Kier alpha value is -2.81. The van der Waals surface area contributed by atoms with Crippen molar-refractivity contribution in [2.75, 3.05) is 11.1 Å². The van der Waals surface area contributed by atoms with E-state index in [-0.39, 0.29) is 0 Å². The predicted octanol–water partition coefficient (Wildman–Crippen LogP) is 4.00. The minimum absolute atomic E-state index is 0.665. The number of rotatable bonds is 4. The van der Waals surface area contributed by atoms with E-state index in [1.807, 2.05) is 24.3 Å². The first-order valence-electron chi connectivity index (χ1n) is 6.91. The number of hydrogen-bond donors (Lipinski definition) is 2. The van der Waals surface area contributed by atoms with E-state index >= 15 is 0 Å². The Kier molecular flexibility index (Phi) is 3.83. The van der Waals surface area contributed by atoms with Gasteiger partial charge in [-0.25, -0.2) is 4.98 Å². The molecule has 3 heteroatoms. The largest absolute Gasteiger partial charge is 0.397 e. The van der Waals surface area contributed by atoms with Gasteiger partial charge in [0.1, 0.15) is 5.82 Å². The highest BCUT2D eigenvalue weighted by atomic mass is 15.0. The molecular weight excluding hydrogens is 258 g/mol. The van der Waals surface area contributed by atoms with Crippen LogP contribution in [0.15, 0.2) is 72.9 Å². The zero-order valence-corrected chi connectivity index (χ0v) is 11.7. The van der Waals surface area contributed by atoms with Crippen molar-refractivity contribution < 1.29 is 0 Å². The third-order valence-corrected chi connectivity index (χ3v) is 3.30. The Morgan fingerprint density at radius 1 is 0.857 bits per heavy atom. The van der Waals surface area contributed by atoms with Gasteiger partial charge in [-0.3, -0.25) is 0 Å². The molecule has 1 heterocycles. The van der Waals surface area contributed by atoms with Gasteiger partial charge in [0, 0.05) is 5.69 Å². The number of hydrogen-bond acceptors (Lipinski definition) is 3. The van der Waals surface area contributed by atoms with Crippen LogP contribution in [0.25, 0.3) is 0 Å². The minimum Gasteiger partial charge on any atom is -0.397 e. The molecule has 0 amide bonds. The summed E-state index contributed by atoms with van der Waals surface area (Å²) in [5.41, 5.74) is 9.92. The Morgan fingerprint density at radius 2 is 1.62 bits per heavy atom. The summed E-state index contributed by atoms with van der Waals surface area (Å²) in [5.74, 6) is 0.796. The van der Waals surface area contributed by atoms with Crippen molar-refractivity contribution >= 4 is 17.2 Å². The maximum atomic E-state index is 5.66. The number of nitrogen functional groups attached to an aromatic ring is 1. The number of nitrogens with zero attached hydrogens (tertiary/aromatic N) is 1. The van der Waals surface area contributed by atoms with Crippen molar-refractivity contribution in [3.05, 3.63) is 84.1 Å². The molecule has 0 atom stereocenters. The summed E-state index contributed by atoms with van der Waals surface area (Å²) in [5, 5.41) is 3.35. The molecule has 0 radical (unpaired) electrons. The van der Waals surface area contributed by atoms with Crippen molar-refractivity contribution in [2.45, 2.75) is 6.42 Å². The first-order valence-corrected chi connectivity index (χ1v) is 6.91. The Labute approximate surface area is 124 Å². The van der Waals surface area contributed by atoms with Crippen molar-refractivity contribution in [1.29, 1.82) is 0 Å². The second-order valence-corrected chi connectivity index (χ2v) is 4.92. The molecule has 0 aliphatic heterocycles. The fraction of sp³-hybridized carbons (Fsp3) is 0.0556. The molecule has 0 bridgehead atoms. The quantitative estimate of drug-likeness (QED) is 0.756. The van der Waals surface area contributed by atoms with E-state index in [4.69, 9.17) is 5.73 Å². The summed E-state index contributed by atoms with van der Waals surface area (Å²) >= 11 is 0. The maximum absolute atomic E-state index is 5.66. The molecule has 104 valence electrons. The van der Waals surface area contributed by atoms with Gasteiger partial charge in [0.15, 0.2) is 0 Å².